The van der Waals surface area contributed by atoms with Crippen LogP contribution in [0.15, 0.2) is 42.5 Å². The molecule has 5 unspecified atom stereocenters. The molecule has 3 rings (SSSR count). The normalized spacial score (nSPS) is 26.5. The quantitative estimate of drug-likeness (QED) is 0.533. The van der Waals surface area contributed by atoms with E-state index in [9.17, 15) is 9.59 Å². The number of ether oxygens (including phenoxy) is 1. The molecule has 1 aliphatic carbocycles. The fourth-order valence-electron chi connectivity index (χ4n) is 4.99. The van der Waals surface area contributed by atoms with Gasteiger partial charge >= 0.3 is 0 Å². The summed E-state index contributed by atoms with van der Waals surface area (Å²) in [5.41, 5.74) is 8.47. The molecule has 0 aromatic heterocycles. The van der Waals surface area contributed by atoms with E-state index in [0.29, 0.717) is 29.2 Å². The number of benzene rings is 2. The number of rotatable bonds is 7. The van der Waals surface area contributed by atoms with Crippen LogP contribution in [-0.2, 0) is 14.3 Å². The van der Waals surface area contributed by atoms with Crippen LogP contribution in [0, 0.1) is 12.8 Å². The van der Waals surface area contributed by atoms with Gasteiger partial charge in [0.2, 0.25) is 0 Å². The van der Waals surface area contributed by atoms with Crippen molar-refractivity contribution < 1.29 is 14.3 Å². The second-order valence-corrected chi connectivity index (χ2v) is 9.03. The SMILES string of the molecule is C.Cc1ccc(C2CCC(C=O)(OCC=O)C(C(C)N)C2c2ccc(Cl)cc2)c(Cl)c1. The molecule has 1 fully saturated rings. The molecule has 2 aromatic rings. The van der Waals surface area contributed by atoms with Crippen LogP contribution in [-0.4, -0.2) is 30.8 Å². The third-order valence-corrected chi connectivity index (χ3v) is 6.81. The zero-order chi connectivity index (χ0) is 21.9. The van der Waals surface area contributed by atoms with Crippen LogP contribution in [0.4, 0.5) is 0 Å². The van der Waals surface area contributed by atoms with Gasteiger partial charge in [0.1, 0.15) is 18.5 Å². The molecule has 5 atom stereocenters. The number of hydrogen-bond donors (Lipinski definition) is 1. The van der Waals surface area contributed by atoms with Gasteiger partial charge in [-0.3, -0.25) is 0 Å². The Balaban J connectivity index is 0.00000341. The van der Waals surface area contributed by atoms with Crippen LogP contribution in [0.5, 0.6) is 0 Å². The van der Waals surface area contributed by atoms with Crippen molar-refractivity contribution >= 4 is 35.8 Å². The number of halogens is 2. The van der Waals surface area contributed by atoms with Gasteiger partial charge in [-0.1, -0.05) is 54.9 Å². The summed E-state index contributed by atoms with van der Waals surface area (Å²) in [6.45, 7) is 3.74. The first-order valence-corrected chi connectivity index (χ1v) is 10.9. The summed E-state index contributed by atoms with van der Waals surface area (Å²) in [5, 5.41) is 1.34. The molecular formula is C25H31Cl2NO3. The molecule has 0 bridgehead atoms. The van der Waals surface area contributed by atoms with Gasteiger partial charge < -0.3 is 20.1 Å². The van der Waals surface area contributed by atoms with E-state index in [1.54, 1.807) is 0 Å². The zero-order valence-corrected chi connectivity index (χ0v) is 18.7. The van der Waals surface area contributed by atoms with E-state index < -0.39 is 5.60 Å². The van der Waals surface area contributed by atoms with Crippen LogP contribution >= 0.6 is 23.2 Å². The molecule has 1 aliphatic rings. The van der Waals surface area contributed by atoms with Crippen molar-refractivity contribution in [3.8, 4) is 0 Å². The van der Waals surface area contributed by atoms with Gasteiger partial charge in [0, 0.05) is 22.0 Å². The van der Waals surface area contributed by atoms with Gasteiger partial charge in [0.15, 0.2) is 6.29 Å². The molecule has 2 aromatic carbocycles. The van der Waals surface area contributed by atoms with Gasteiger partial charge in [-0.25, -0.2) is 0 Å². The van der Waals surface area contributed by atoms with Gasteiger partial charge in [-0.15, -0.1) is 0 Å². The van der Waals surface area contributed by atoms with E-state index in [0.717, 1.165) is 23.0 Å². The number of carbonyl (C=O) groups excluding carboxylic acids is 2. The van der Waals surface area contributed by atoms with E-state index in [1.807, 2.05) is 50.2 Å². The molecule has 2 N–H and O–H groups in total. The van der Waals surface area contributed by atoms with Gasteiger partial charge in [0.25, 0.3) is 0 Å². The summed E-state index contributed by atoms with van der Waals surface area (Å²) in [4.78, 5) is 23.4. The molecule has 0 radical (unpaired) electrons. The second kappa shape index (κ2) is 10.7. The average Bonchev–Trinajstić information content (AvgIpc) is 2.72. The van der Waals surface area contributed by atoms with Crippen molar-refractivity contribution in [2.75, 3.05) is 6.61 Å². The topological polar surface area (TPSA) is 69.4 Å². The van der Waals surface area contributed by atoms with Crippen molar-refractivity contribution in [3.05, 3.63) is 69.2 Å². The molecule has 4 nitrogen and oxygen atoms in total. The average molecular weight is 464 g/mol. The number of carbonyl (C=O) groups is 2. The van der Waals surface area contributed by atoms with Crippen LogP contribution in [0.1, 0.15) is 55.7 Å². The predicted molar refractivity (Wildman–Crippen MR) is 127 cm³/mol. The Morgan fingerprint density at radius 1 is 1.19 bits per heavy atom. The van der Waals surface area contributed by atoms with E-state index in [4.69, 9.17) is 33.7 Å². The summed E-state index contributed by atoms with van der Waals surface area (Å²) < 4.78 is 5.88. The highest BCUT2D eigenvalue weighted by atomic mass is 35.5. The van der Waals surface area contributed by atoms with Gasteiger partial charge in [0.05, 0.1) is 0 Å². The molecule has 0 spiro atoms. The summed E-state index contributed by atoms with van der Waals surface area (Å²) in [6.07, 6.45) is 2.65. The molecule has 168 valence electrons. The maximum Gasteiger partial charge on any atom is 0.152 e. The molecule has 0 heterocycles. The third kappa shape index (κ3) is 5.20. The number of aryl methyl sites for hydroxylation is 1. The number of hydrogen-bond acceptors (Lipinski definition) is 4. The fraction of sp³-hybridized carbons (Fsp3) is 0.440. The highest BCUT2D eigenvalue weighted by Gasteiger charge is 2.52. The Bertz CT molecular complexity index is 900. The lowest BCUT2D eigenvalue weighted by atomic mass is 9.58. The first-order chi connectivity index (χ1) is 14.3. The number of nitrogens with two attached hydrogens (primary N) is 1. The van der Waals surface area contributed by atoms with Gasteiger partial charge in [-0.2, -0.15) is 0 Å². The van der Waals surface area contributed by atoms with E-state index in [-0.39, 0.29) is 37.8 Å². The van der Waals surface area contributed by atoms with E-state index in [1.165, 1.54) is 0 Å². The van der Waals surface area contributed by atoms with Crippen molar-refractivity contribution in [2.24, 2.45) is 11.7 Å². The van der Waals surface area contributed by atoms with Crippen LogP contribution < -0.4 is 5.73 Å². The highest BCUT2D eigenvalue weighted by molar-refractivity contribution is 6.31. The minimum atomic E-state index is -1.13. The molecule has 31 heavy (non-hydrogen) atoms. The van der Waals surface area contributed by atoms with Crippen LogP contribution in [0.3, 0.4) is 0 Å². The minimum absolute atomic E-state index is 0. The van der Waals surface area contributed by atoms with Crippen molar-refractivity contribution in [1.82, 2.24) is 0 Å². The minimum Gasteiger partial charge on any atom is -0.360 e. The number of aldehydes is 2. The Kier molecular flexibility index (Phi) is 8.84. The van der Waals surface area contributed by atoms with Crippen LogP contribution in [0.2, 0.25) is 10.0 Å². The maximum atomic E-state index is 12.3. The molecule has 0 aliphatic heterocycles. The van der Waals surface area contributed by atoms with E-state index in [2.05, 4.69) is 6.07 Å². The lowest BCUT2D eigenvalue weighted by Gasteiger charge is -2.50. The molecule has 0 amide bonds. The van der Waals surface area contributed by atoms with Crippen LogP contribution in [0.25, 0.3) is 0 Å². The Hall–Kier alpha value is -1.72. The van der Waals surface area contributed by atoms with Crippen molar-refractivity contribution in [1.29, 1.82) is 0 Å². The van der Waals surface area contributed by atoms with E-state index >= 15 is 0 Å². The lowest BCUT2D eigenvalue weighted by molar-refractivity contribution is -0.153. The summed E-state index contributed by atoms with van der Waals surface area (Å²) in [6, 6.07) is 13.3. The predicted octanol–water partition coefficient (Wildman–Crippen LogP) is 5.72. The van der Waals surface area contributed by atoms with Gasteiger partial charge in [-0.05, 0) is 73.4 Å². The molecule has 1 saturated carbocycles. The summed E-state index contributed by atoms with van der Waals surface area (Å²) >= 11 is 12.8. The fourth-order valence-corrected chi connectivity index (χ4v) is 5.49. The Morgan fingerprint density at radius 3 is 2.42 bits per heavy atom. The molecule has 6 heteroatoms. The smallest absolute Gasteiger partial charge is 0.152 e. The van der Waals surface area contributed by atoms with Crippen molar-refractivity contribution in [3.63, 3.8) is 0 Å². The Morgan fingerprint density at radius 2 is 1.87 bits per heavy atom. The van der Waals surface area contributed by atoms with Crippen molar-refractivity contribution in [2.45, 2.75) is 57.6 Å². The molecular weight excluding hydrogens is 433 g/mol. The first-order valence-electron chi connectivity index (χ1n) is 10.1. The maximum absolute atomic E-state index is 12.3. The Labute approximate surface area is 195 Å². The summed E-state index contributed by atoms with van der Waals surface area (Å²) in [7, 11) is 0. The standard InChI is InChI=1S/C24H27Cl2NO3.CH4/c1-15-3-8-19(21(26)13-15)20-9-10-24(14-29,30-12-11-28)23(16(2)27)22(20)17-4-6-18(25)7-5-17;/h3-8,11,13-14,16,20,22-23H,9-10,12,27H2,1-2H3;1H4. The first kappa shape index (κ1) is 25.5. The highest BCUT2D eigenvalue weighted by Crippen LogP contribution is 2.54. The lowest BCUT2D eigenvalue weighted by Crippen LogP contribution is -2.56. The monoisotopic (exact) mass is 463 g/mol. The zero-order valence-electron chi connectivity index (χ0n) is 17.2. The third-order valence-electron chi connectivity index (χ3n) is 6.23. The second-order valence-electron chi connectivity index (χ2n) is 8.18. The molecule has 0 saturated heterocycles. The largest absolute Gasteiger partial charge is 0.360 e. The summed E-state index contributed by atoms with van der Waals surface area (Å²) in [5.74, 6) is -0.427.